The summed E-state index contributed by atoms with van der Waals surface area (Å²) in [5, 5.41) is 4.16. The van der Waals surface area contributed by atoms with Crippen LogP contribution in [0, 0.1) is 5.82 Å². The molecule has 0 aliphatic heterocycles. The zero-order chi connectivity index (χ0) is 22.9. The van der Waals surface area contributed by atoms with Crippen LogP contribution in [-0.4, -0.2) is 38.4 Å². The molecule has 0 unspecified atom stereocenters. The smallest absolute Gasteiger partial charge is 0.326 e. The molecule has 6 rings (SSSR count). The van der Waals surface area contributed by atoms with Gasteiger partial charge in [-0.25, -0.2) is 19.2 Å². The fourth-order valence-corrected chi connectivity index (χ4v) is 4.24. The van der Waals surface area contributed by atoms with E-state index in [1.165, 1.54) is 6.07 Å². The first-order valence-corrected chi connectivity index (χ1v) is 10.3. The van der Waals surface area contributed by atoms with E-state index >= 15 is 4.39 Å². The lowest BCUT2D eigenvalue weighted by atomic mass is 10.1. The summed E-state index contributed by atoms with van der Waals surface area (Å²) in [5.74, 6) is 0.246. The van der Waals surface area contributed by atoms with Crippen molar-refractivity contribution in [1.82, 2.24) is 38.4 Å². The van der Waals surface area contributed by atoms with E-state index < -0.39 is 0 Å². The molecule has 0 aliphatic rings. The largest absolute Gasteiger partial charge is 0.331 e. The molecule has 33 heavy (non-hydrogen) atoms. The van der Waals surface area contributed by atoms with Crippen LogP contribution < -0.4 is 5.69 Å². The summed E-state index contributed by atoms with van der Waals surface area (Å²) in [7, 11) is 5.38. The molecule has 0 radical (unpaired) electrons. The molecule has 0 saturated carbocycles. The summed E-state index contributed by atoms with van der Waals surface area (Å²) in [5.41, 5.74) is 5.15. The number of aryl methyl sites for hydroxylation is 3. The summed E-state index contributed by atoms with van der Waals surface area (Å²) in [6.45, 7) is 0. The number of aromatic amines is 1. The number of aromatic nitrogens is 8. The molecule has 10 heteroatoms. The molecule has 0 amide bonds. The van der Waals surface area contributed by atoms with Crippen molar-refractivity contribution in [2.24, 2.45) is 21.1 Å². The molecule has 1 N–H and O–H groups in total. The van der Waals surface area contributed by atoms with E-state index in [2.05, 4.69) is 15.1 Å². The molecule has 9 nitrogen and oxygen atoms in total. The fourth-order valence-electron chi connectivity index (χ4n) is 4.24. The Hall–Kier alpha value is -4.47. The highest BCUT2D eigenvalue weighted by Crippen LogP contribution is 2.33. The van der Waals surface area contributed by atoms with E-state index in [4.69, 9.17) is 4.98 Å². The van der Waals surface area contributed by atoms with Crippen molar-refractivity contribution in [2.45, 2.75) is 0 Å². The van der Waals surface area contributed by atoms with Crippen LogP contribution in [0.25, 0.3) is 50.4 Å². The third-order valence-electron chi connectivity index (χ3n) is 5.95. The summed E-state index contributed by atoms with van der Waals surface area (Å²) in [6.07, 6.45) is 6.81. The molecule has 0 spiro atoms. The number of rotatable bonds is 3. The molecule has 4 aromatic heterocycles. The van der Waals surface area contributed by atoms with E-state index in [9.17, 15) is 4.79 Å². The van der Waals surface area contributed by atoms with Crippen molar-refractivity contribution in [3.05, 3.63) is 71.6 Å². The van der Waals surface area contributed by atoms with Gasteiger partial charge in [0.25, 0.3) is 0 Å². The van der Waals surface area contributed by atoms with Crippen LogP contribution in [-0.2, 0) is 21.1 Å². The predicted octanol–water partition coefficient (Wildman–Crippen LogP) is 3.15. The minimum Gasteiger partial charge on any atom is -0.331 e. The average molecular weight is 442 g/mol. The topological polar surface area (TPSA) is 91.3 Å². The number of benzene rings is 2. The predicted molar refractivity (Wildman–Crippen MR) is 123 cm³/mol. The van der Waals surface area contributed by atoms with Gasteiger partial charge in [-0.05, 0) is 24.3 Å². The van der Waals surface area contributed by atoms with E-state index in [0.29, 0.717) is 28.0 Å². The molecular formula is C23H19FN8O. The van der Waals surface area contributed by atoms with Crippen molar-refractivity contribution in [1.29, 1.82) is 0 Å². The van der Waals surface area contributed by atoms with Crippen molar-refractivity contribution in [3.63, 3.8) is 0 Å². The Balaban J connectivity index is 1.67. The van der Waals surface area contributed by atoms with Gasteiger partial charge in [0.05, 0.1) is 40.8 Å². The van der Waals surface area contributed by atoms with Crippen LogP contribution in [0.1, 0.15) is 0 Å². The van der Waals surface area contributed by atoms with Gasteiger partial charge in [-0.3, -0.25) is 13.8 Å². The zero-order valence-electron chi connectivity index (χ0n) is 18.1. The SMILES string of the molecule is Cn1cc(-c2cc3nc(-c4cncn4C)n(-c4ccc5[nH]c(=O)n(C)c5c4)c3cc2F)cn1. The molecule has 2 aromatic carbocycles. The summed E-state index contributed by atoms with van der Waals surface area (Å²) in [6, 6.07) is 8.84. The molecule has 0 bridgehead atoms. The van der Waals surface area contributed by atoms with Crippen LogP contribution >= 0.6 is 0 Å². The molecule has 6 aromatic rings. The van der Waals surface area contributed by atoms with Crippen molar-refractivity contribution >= 4 is 22.1 Å². The fraction of sp³-hybridized carbons (Fsp3) is 0.130. The third-order valence-corrected chi connectivity index (χ3v) is 5.95. The maximum absolute atomic E-state index is 15.3. The van der Waals surface area contributed by atoms with Gasteiger partial charge in [-0.2, -0.15) is 5.10 Å². The Morgan fingerprint density at radius 2 is 1.88 bits per heavy atom. The monoisotopic (exact) mass is 442 g/mol. The minimum absolute atomic E-state index is 0.198. The Kier molecular flexibility index (Phi) is 3.94. The molecular weight excluding hydrogens is 423 g/mol. The number of nitrogens with one attached hydrogen (secondary N) is 1. The Morgan fingerprint density at radius 3 is 2.61 bits per heavy atom. The number of halogens is 1. The molecule has 4 heterocycles. The van der Waals surface area contributed by atoms with Gasteiger partial charge >= 0.3 is 5.69 Å². The molecule has 0 atom stereocenters. The van der Waals surface area contributed by atoms with Gasteiger partial charge in [0.15, 0.2) is 5.82 Å². The minimum atomic E-state index is -0.372. The van der Waals surface area contributed by atoms with E-state index in [-0.39, 0.29) is 11.5 Å². The van der Waals surface area contributed by atoms with Gasteiger partial charge in [0.1, 0.15) is 11.5 Å². The molecule has 164 valence electrons. The number of imidazole rings is 3. The Morgan fingerprint density at radius 1 is 1.03 bits per heavy atom. The summed E-state index contributed by atoms with van der Waals surface area (Å²) in [4.78, 5) is 24.0. The summed E-state index contributed by atoms with van der Waals surface area (Å²) >= 11 is 0. The first kappa shape index (κ1) is 19.2. The Labute approximate surface area is 186 Å². The number of hydrogen-bond donors (Lipinski definition) is 1. The average Bonchev–Trinajstić information content (AvgIpc) is 3.55. The van der Waals surface area contributed by atoms with E-state index in [1.54, 1.807) is 54.3 Å². The molecule has 0 saturated heterocycles. The van der Waals surface area contributed by atoms with Crippen LogP contribution in [0.15, 0.2) is 60.0 Å². The standard InChI is InChI=1S/C23H19FN8O/c1-29-12-25-10-21(29)22-27-18-7-15(13-9-26-30(2)11-13)16(24)8-20(18)32(22)14-4-5-17-19(6-14)31(3)23(33)28-17/h4-12H,1-3H3,(H,28,33). The maximum Gasteiger partial charge on any atom is 0.326 e. The second-order valence-corrected chi connectivity index (χ2v) is 8.07. The van der Waals surface area contributed by atoms with Crippen molar-refractivity contribution in [2.75, 3.05) is 0 Å². The van der Waals surface area contributed by atoms with E-state index in [0.717, 1.165) is 22.4 Å². The van der Waals surface area contributed by atoms with Crippen molar-refractivity contribution in [3.8, 4) is 28.3 Å². The lowest BCUT2D eigenvalue weighted by molar-refractivity contribution is 0.632. The third kappa shape index (κ3) is 2.84. The second kappa shape index (κ2) is 6.76. The maximum atomic E-state index is 15.3. The highest BCUT2D eigenvalue weighted by atomic mass is 19.1. The highest BCUT2D eigenvalue weighted by molar-refractivity contribution is 5.88. The van der Waals surface area contributed by atoms with Gasteiger partial charge in [0, 0.05) is 50.2 Å². The first-order valence-electron chi connectivity index (χ1n) is 10.3. The second-order valence-electron chi connectivity index (χ2n) is 8.07. The van der Waals surface area contributed by atoms with Crippen LogP contribution in [0.3, 0.4) is 0 Å². The zero-order valence-corrected chi connectivity index (χ0v) is 18.1. The van der Waals surface area contributed by atoms with Gasteiger partial charge in [-0.15, -0.1) is 0 Å². The van der Waals surface area contributed by atoms with Crippen molar-refractivity contribution < 1.29 is 4.39 Å². The molecule has 0 fully saturated rings. The van der Waals surface area contributed by atoms with Crippen LogP contribution in [0.4, 0.5) is 4.39 Å². The number of hydrogen-bond acceptors (Lipinski definition) is 4. The lowest BCUT2D eigenvalue weighted by Gasteiger charge is -2.11. The number of fused-ring (bicyclic) bond motifs is 2. The lowest BCUT2D eigenvalue weighted by Crippen LogP contribution is -2.11. The summed E-state index contributed by atoms with van der Waals surface area (Å²) < 4.78 is 22.2. The van der Waals surface area contributed by atoms with Gasteiger partial charge in [0.2, 0.25) is 0 Å². The Bertz CT molecular complexity index is 1750. The quantitative estimate of drug-likeness (QED) is 0.456. The van der Waals surface area contributed by atoms with Gasteiger partial charge in [-0.1, -0.05) is 0 Å². The van der Waals surface area contributed by atoms with E-state index in [1.807, 2.05) is 34.4 Å². The molecule has 0 aliphatic carbocycles. The highest BCUT2D eigenvalue weighted by Gasteiger charge is 2.20. The number of nitrogens with zero attached hydrogens (tertiary/aromatic N) is 7. The number of H-pyrrole nitrogens is 1. The van der Waals surface area contributed by atoms with Gasteiger partial charge < -0.3 is 9.55 Å². The van der Waals surface area contributed by atoms with Crippen LogP contribution in [0.2, 0.25) is 0 Å². The normalized spacial score (nSPS) is 11.8. The first-order chi connectivity index (χ1) is 15.9. The van der Waals surface area contributed by atoms with Crippen LogP contribution in [0.5, 0.6) is 0 Å².